The van der Waals surface area contributed by atoms with E-state index in [1.54, 1.807) is 0 Å². The highest BCUT2D eigenvalue weighted by molar-refractivity contribution is 8.13. The largest absolute Gasteiger partial charge is 0.540 e. The summed E-state index contributed by atoms with van der Waals surface area (Å²) in [6, 6.07) is 8.52. The van der Waals surface area contributed by atoms with Crippen molar-refractivity contribution in [3.63, 3.8) is 0 Å². The molecule has 1 aromatic carbocycles. The van der Waals surface area contributed by atoms with Gasteiger partial charge in [0.15, 0.2) is 0 Å². The molecule has 0 radical (unpaired) electrons. The highest BCUT2D eigenvalue weighted by atomic mass is 32.2. The molecule has 0 saturated carbocycles. The molecule has 3 rings (SSSR count). The average molecular weight is 726 g/mol. The van der Waals surface area contributed by atoms with Gasteiger partial charge in [-0.3, -0.25) is 24.7 Å². The van der Waals surface area contributed by atoms with Crippen LogP contribution in [0.1, 0.15) is 49.2 Å². The van der Waals surface area contributed by atoms with E-state index in [2.05, 4.69) is 30.8 Å². The highest BCUT2D eigenvalue weighted by Gasteiger charge is 2.39. The van der Waals surface area contributed by atoms with Crippen LogP contribution in [0.3, 0.4) is 0 Å². The first-order chi connectivity index (χ1) is 23.0. The molecule has 1 saturated heterocycles. The summed E-state index contributed by atoms with van der Waals surface area (Å²) in [6.07, 6.45) is 6.40. The van der Waals surface area contributed by atoms with Crippen molar-refractivity contribution in [2.45, 2.75) is 57.0 Å². The van der Waals surface area contributed by atoms with Crippen LogP contribution in [0.4, 0.5) is 4.79 Å². The quantitative estimate of drug-likeness (QED) is 0.115. The van der Waals surface area contributed by atoms with Gasteiger partial charge in [0.2, 0.25) is 14.3 Å². The maximum absolute atomic E-state index is 13.8. The molecule has 0 bridgehead atoms. The van der Waals surface area contributed by atoms with Gasteiger partial charge in [-0.15, -0.1) is 0 Å². The number of nitrogens with zero attached hydrogens (tertiary/aromatic N) is 3. The first-order valence-electron chi connectivity index (χ1n) is 15.7. The molecule has 1 aliphatic heterocycles. The molecule has 0 spiro atoms. The van der Waals surface area contributed by atoms with Gasteiger partial charge < -0.3 is 34.6 Å². The predicted molar refractivity (Wildman–Crippen MR) is 184 cm³/mol. The summed E-state index contributed by atoms with van der Waals surface area (Å²) < 4.78 is 23.6. The Hall–Kier alpha value is -2.59. The first kappa shape index (κ1) is 39.8. The van der Waals surface area contributed by atoms with E-state index >= 15 is 0 Å². The van der Waals surface area contributed by atoms with Crippen molar-refractivity contribution in [1.29, 1.82) is 0 Å². The number of nitrogens with one attached hydrogen (secondary N) is 3. The number of benzene rings is 1. The molecule has 48 heavy (non-hydrogen) atoms. The second-order valence-corrected chi connectivity index (χ2v) is 15.2. The van der Waals surface area contributed by atoms with E-state index in [0.717, 1.165) is 17.3 Å². The lowest BCUT2D eigenvalue weighted by Crippen LogP contribution is -2.56. The normalized spacial score (nSPS) is 16.9. The lowest BCUT2D eigenvalue weighted by Gasteiger charge is -2.30. The minimum absolute atomic E-state index is 0.104. The van der Waals surface area contributed by atoms with E-state index in [1.165, 1.54) is 18.6 Å². The molecule has 4 atom stereocenters. The first-order valence-corrected chi connectivity index (χ1v) is 19.2. The zero-order chi connectivity index (χ0) is 34.9. The summed E-state index contributed by atoms with van der Waals surface area (Å²) in [4.78, 5) is 76.7. The summed E-state index contributed by atoms with van der Waals surface area (Å²) in [6.45, 7) is 6.74. The Bertz CT molecular complexity index is 1300. The Morgan fingerprint density at radius 2 is 1.75 bits per heavy atom. The third-order valence-electron chi connectivity index (χ3n) is 7.20. The van der Waals surface area contributed by atoms with Crippen LogP contribution in [0.25, 0.3) is 0 Å². The van der Waals surface area contributed by atoms with Crippen molar-refractivity contribution in [3.8, 4) is 0 Å². The Morgan fingerprint density at radius 3 is 2.33 bits per heavy atom. The fraction of sp³-hybridized carbons (Fsp3) is 0.552. The molecular formula is C29H44BN6O9P2S+. The summed E-state index contributed by atoms with van der Waals surface area (Å²) >= 11 is 0.896. The van der Waals surface area contributed by atoms with Crippen molar-refractivity contribution in [2.75, 3.05) is 38.6 Å². The van der Waals surface area contributed by atoms with Crippen LogP contribution < -0.4 is 16.0 Å². The molecule has 3 amide bonds. The Labute approximate surface area is 287 Å². The minimum atomic E-state index is -2.97. The fourth-order valence-electron chi connectivity index (χ4n) is 4.94. The van der Waals surface area contributed by atoms with Crippen LogP contribution in [-0.2, 0) is 25.1 Å². The number of thioether (sulfide) groups is 1. The van der Waals surface area contributed by atoms with E-state index in [1.807, 2.05) is 44.2 Å². The number of carbonyl (C=O) groups is 3. The minimum Gasteiger partial charge on any atom is -0.410 e. The maximum atomic E-state index is 13.8. The molecule has 15 nitrogen and oxygen atoms in total. The number of amides is 3. The summed E-state index contributed by atoms with van der Waals surface area (Å²) in [5, 5.41) is 7.48. The van der Waals surface area contributed by atoms with Crippen molar-refractivity contribution >= 4 is 52.3 Å². The third-order valence-corrected chi connectivity index (χ3v) is 10.3. The second-order valence-electron chi connectivity index (χ2n) is 11.5. The molecule has 1 fully saturated rings. The van der Waals surface area contributed by atoms with Crippen molar-refractivity contribution in [1.82, 2.24) is 30.8 Å². The monoisotopic (exact) mass is 725 g/mol. The average Bonchev–Trinajstić information content (AvgIpc) is 3.06. The van der Waals surface area contributed by atoms with Crippen LogP contribution in [0.5, 0.6) is 0 Å². The summed E-state index contributed by atoms with van der Waals surface area (Å²) in [7, 11) is -6.46. The Kier molecular flexibility index (Phi) is 17.8. The van der Waals surface area contributed by atoms with Gasteiger partial charge in [0.1, 0.15) is 11.7 Å². The zero-order valence-corrected chi connectivity index (χ0v) is 29.6. The SMILES string of the molecule is CC(C)C[C@@H](NC(=O)[C@@H](Cc1ccccc1)NC(=O)c1cnccn1)B1OCCCN(CCSC(=O)NC(P(O)O)[P+](=O)O)CCCO1. The van der Waals surface area contributed by atoms with Gasteiger partial charge in [0, 0.05) is 57.4 Å². The van der Waals surface area contributed by atoms with Crippen LogP contribution in [0, 0.1) is 5.92 Å². The van der Waals surface area contributed by atoms with E-state index in [0.29, 0.717) is 57.9 Å². The Balaban J connectivity index is 1.58. The summed E-state index contributed by atoms with van der Waals surface area (Å²) in [5.41, 5.74) is -0.607. The van der Waals surface area contributed by atoms with Gasteiger partial charge in [-0.25, -0.2) is 4.98 Å². The van der Waals surface area contributed by atoms with Gasteiger partial charge in [0.25, 0.3) is 11.1 Å². The molecular weight excluding hydrogens is 681 g/mol. The number of hydrogen-bond donors (Lipinski definition) is 6. The van der Waals surface area contributed by atoms with E-state index in [9.17, 15) is 28.7 Å². The van der Waals surface area contributed by atoms with E-state index in [-0.39, 0.29) is 23.9 Å². The molecule has 6 N–H and O–H groups in total. The van der Waals surface area contributed by atoms with Crippen molar-refractivity contribution in [2.24, 2.45) is 5.92 Å². The maximum Gasteiger partial charge on any atom is 0.540 e. The molecule has 2 aromatic rings. The molecule has 1 aromatic heterocycles. The second kappa shape index (κ2) is 21.5. The highest BCUT2D eigenvalue weighted by Crippen LogP contribution is 2.42. The van der Waals surface area contributed by atoms with Gasteiger partial charge in [-0.05, 0) is 35.3 Å². The van der Waals surface area contributed by atoms with E-state index < -0.39 is 52.2 Å². The van der Waals surface area contributed by atoms with Crippen LogP contribution in [-0.4, -0.2) is 110 Å². The topological polar surface area (TPSA) is 213 Å². The van der Waals surface area contributed by atoms with Gasteiger partial charge in [-0.2, -0.15) is 4.89 Å². The fourth-order valence-corrected chi connectivity index (χ4v) is 7.02. The Morgan fingerprint density at radius 1 is 1.06 bits per heavy atom. The van der Waals surface area contributed by atoms with Crippen molar-refractivity contribution < 1.29 is 42.9 Å². The molecule has 19 heteroatoms. The summed E-state index contributed by atoms with van der Waals surface area (Å²) in [5.74, 6) is -0.762. The number of hydrogen-bond acceptors (Lipinski definition) is 12. The predicted octanol–water partition coefficient (Wildman–Crippen LogP) is 2.26. The number of carbonyl (C=O) groups excluding carboxylic acids is 3. The van der Waals surface area contributed by atoms with Crippen LogP contribution in [0.2, 0.25) is 0 Å². The molecule has 0 aliphatic carbocycles. The van der Waals surface area contributed by atoms with Crippen LogP contribution >= 0.6 is 28.2 Å². The number of aromatic nitrogens is 2. The molecule has 2 unspecified atom stereocenters. The smallest absolute Gasteiger partial charge is 0.410 e. The zero-order valence-electron chi connectivity index (χ0n) is 27.0. The molecule has 262 valence electrons. The number of rotatable bonds is 15. The lowest BCUT2D eigenvalue weighted by molar-refractivity contribution is -0.123. The van der Waals surface area contributed by atoms with E-state index in [4.69, 9.17) is 14.2 Å². The van der Waals surface area contributed by atoms with Gasteiger partial charge >= 0.3 is 20.7 Å². The molecule has 1 aliphatic rings. The van der Waals surface area contributed by atoms with Crippen molar-refractivity contribution in [3.05, 3.63) is 60.2 Å². The molecule has 2 heterocycles. The third kappa shape index (κ3) is 14.5. The van der Waals surface area contributed by atoms with Crippen LogP contribution in [0.15, 0.2) is 48.9 Å². The standard InChI is InChI=1S/C29H43BN6O9P2S/c1-21(2)18-25(34-26(37)23(19-22-8-4-3-5-9-22)33-27(38)24-20-31-10-11-32-24)30-44-15-6-12-36(13-7-16-45-30)14-17-48-28(39)35-29(46(40)41)47(42)43/h3-5,8-11,20-21,23,25,29,40-41H,6-7,12-19H2,1-2H3,(H3-,33,34,35,37,38,39,42,43)/p+1/t23-,25-,29?/m1/s1. The lowest BCUT2D eigenvalue weighted by atomic mass is 9.73. The van der Waals surface area contributed by atoms with Gasteiger partial charge in [-0.1, -0.05) is 55.9 Å². The van der Waals surface area contributed by atoms with Gasteiger partial charge in [0.05, 0.1) is 12.1 Å².